The lowest BCUT2D eigenvalue weighted by Crippen LogP contribution is -2.55. The largest absolute Gasteiger partial charge is 0.493 e. The number of hydrogen-bond acceptors (Lipinski definition) is 5. The molecule has 1 aromatic carbocycles. The van der Waals surface area contributed by atoms with Crippen molar-refractivity contribution in [3.05, 3.63) is 23.8 Å². The number of carbonyl (C=O) groups is 3. The van der Waals surface area contributed by atoms with Crippen LogP contribution in [0.2, 0.25) is 0 Å². The molecule has 9 heteroatoms. The maximum absolute atomic E-state index is 12.1. The molecule has 24 heavy (non-hydrogen) atoms. The van der Waals surface area contributed by atoms with Gasteiger partial charge in [0.15, 0.2) is 11.5 Å². The Kier molecular flexibility index (Phi) is 6.84. The Morgan fingerprint density at radius 3 is 2.17 bits per heavy atom. The first-order valence-electron chi connectivity index (χ1n) is 7.18. The molecule has 0 heterocycles. The average molecular weight is 338 g/mol. The van der Waals surface area contributed by atoms with Crippen LogP contribution in [0.4, 0.5) is 4.79 Å². The van der Waals surface area contributed by atoms with Crippen molar-refractivity contribution in [1.82, 2.24) is 16.2 Å². The minimum Gasteiger partial charge on any atom is -0.493 e. The van der Waals surface area contributed by atoms with Gasteiger partial charge in [-0.15, -0.1) is 0 Å². The van der Waals surface area contributed by atoms with Crippen LogP contribution in [0, 0.1) is 5.92 Å². The van der Waals surface area contributed by atoms with E-state index in [0.29, 0.717) is 11.5 Å². The van der Waals surface area contributed by atoms with Crippen molar-refractivity contribution in [2.75, 3.05) is 14.2 Å². The van der Waals surface area contributed by atoms with E-state index in [2.05, 4.69) is 16.2 Å². The number of hydrazine groups is 1. The summed E-state index contributed by atoms with van der Waals surface area (Å²) in [6, 6.07) is 2.87. The van der Waals surface area contributed by atoms with Crippen LogP contribution < -0.4 is 31.4 Å². The smallest absolute Gasteiger partial charge is 0.312 e. The highest BCUT2D eigenvalue weighted by Crippen LogP contribution is 2.27. The molecule has 0 radical (unpaired) electrons. The van der Waals surface area contributed by atoms with Crippen LogP contribution in [-0.4, -0.2) is 38.1 Å². The second-order valence-corrected chi connectivity index (χ2v) is 5.24. The van der Waals surface area contributed by atoms with Gasteiger partial charge in [-0.05, 0) is 24.1 Å². The van der Waals surface area contributed by atoms with E-state index >= 15 is 0 Å². The number of amides is 4. The molecule has 1 aromatic rings. The Morgan fingerprint density at radius 2 is 1.67 bits per heavy atom. The van der Waals surface area contributed by atoms with Gasteiger partial charge in [0.25, 0.3) is 11.8 Å². The van der Waals surface area contributed by atoms with Crippen molar-refractivity contribution in [3.8, 4) is 11.5 Å². The molecule has 0 fully saturated rings. The number of rotatable bonds is 6. The van der Waals surface area contributed by atoms with Crippen molar-refractivity contribution >= 4 is 17.8 Å². The molecule has 0 saturated carbocycles. The molecule has 0 unspecified atom stereocenters. The molecule has 1 atom stereocenters. The van der Waals surface area contributed by atoms with Crippen LogP contribution in [0.15, 0.2) is 18.2 Å². The Morgan fingerprint density at radius 1 is 1.04 bits per heavy atom. The number of carbonyl (C=O) groups excluding carboxylic acids is 3. The summed E-state index contributed by atoms with van der Waals surface area (Å²) in [5.41, 5.74) is 9.82. The number of benzene rings is 1. The summed E-state index contributed by atoms with van der Waals surface area (Å²) in [7, 11) is 2.93. The lowest BCUT2D eigenvalue weighted by Gasteiger charge is -2.20. The Labute approximate surface area is 139 Å². The number of nitrogens with one attached hydrogen (secondary N) is 3. The summed E-state index contributed by atoms with van der Waals surface area (Å²) < 4.78 is 10.2. The minimum atomic E-state index is -0.867. The number of primary amides is 1. The monoisotopic (exact) mass is 338 g/mol. The van der Waals surface area contributed by atoms with Crippen molar-refractivity contribution in [2.24, 2.45) is 11.7 Å². The Balaban J connectivity index is 2.74. The van der Waals surface area contributed by atoms with Gasteiger partial charge >= 0.3 is 6.03 Å². The quantitative estimate of drug-likeness (QED) is 0.549. The number of methoxy groups -OCH3 is 2. The van der Waals surface area contributed by atoms with E-state index in [1.807, 2.05) is 0 Å². The van der Waals surface area contributed by atoms with Crippen molar-refractivity contribution in [1.29, 1.82) is 0 Å². The van der Waals surface area contributed by atoms with Crippen molar-refractivity contribution in [3.63, 3.8) is 0 Å². The van der Waals surface area contributed by atoms with E-state index in [1.54, 1.807) is 19.9 Å². The molecule has 0 aliphatic carbocycles. The SMILES string of the molecule is COc1ccc(C(=O)NNC(=O)[C@H](NC(N)=O)C(C)C)cc1OC. The average Bonchev–Trinajstić information content (AvgIpc) is 2.56. The number of hydrogen-bond donors (Lipinski definition) is 4. The normalized spacial score (nSPS) is 11.4. The molecule has 0 aromatic heterocycles. The third-order valence-corrected chi connectivity index (χ3v) is 3.19. The van der Waals surface area contributed by atoms with Crippen molar-refractivity contribution < 1.29 is 23.9 Å². The zero-order chi connectivity index (χ0) is 18.3. The Bertz CT molecular complexity index is 618. The molecule has 0 bridgehead atoms. The van der Waals surface area contributed by atoms with Crippen LogP contribution in [-0.2, 0) is 4.79 Å². The Hall–Kier alpha value is -2.97. The first-order valence-corrected chi connectivity index (χ1v) is 7.18. The fourth-order valence-electron chi connectivity index (χ4n) is 1.93. The summed E-state index contributed by atoms with van der Waals surface area (Å²) in [4.78, 5) is 35.1. The van der Waals surface area contributed by atoms with E-state index in [-0.39, 0.29) is 11.5 Å². The summed E-state index contributed by atoms with van der Waals surface area (Å²) in [6.45, 7) is 3.46. The van der Waals surface area contributed by atoms with Gasteiger partial charge in [-0.1, -0.05) is 13.8 Å². The second kappa shape index (κ2) is 8.61. The molecule has 9 nitrogen and oxygen atoms in total. The molecule has 132 valence electrons. The van der Waals surface area contributed by atoms with Gasteiger partial charge in [-0.2, -0.15) is 0 Å². The first-order chi connectivity index (χ1) is 11.3. The van der Waals surface area contributed by atoms with Gasteiger partial charge in [0.1, 0.15) is 6.04 Å². The summed E-state index contributed by atoms with van der Waals surface area (Å²) >= 11 is 0. The number of ether oxygens (including phenoxy) is 2. The van der Waals surface area contributed by atoms with Crippen LogP contribution >= 0.6 is 0 Å². The van der Waals surface area contributed by atoms with Crippen molar-refractivity contribution in [2.45, 2.75) is 19.9 Å². The van der Waals surface area contributed by atoms with Gasteiger partial charge in [-0.25, -0.2) is 4.79 Å². The van der Waals surface area contributed by atoms with Crippen LogP contribution in [0.1, 0.15) is 24.2 Å². The minimum absolute atomic E-state index is 0.213. The molecule has 0 aliphatic rings. The van der Waals surface area contributed by atoms with Gasteiger partial charge < -0.3 is 20.5 Å². The van der Waals surface area contributed by atoms with E-state index in [4.69, 9.17) is 15.2 Å². The molecule has 0 spiro atoms. The fraction of sp³-hybridized carbons (Fsp3) is 0.400. The molecular formula is C15H22N4O5. The predicted molar refractivity (Wildman–Crippen MR) is 86.5 cm³/mol. The van der Waals surface area contributed by atoms with E-state index in [0.717, 1.165) is 0 Å². The van der Waals surface area contributed by atoms with E-state index in [9.17, 15) is 14.4 Å². The van der Waals surface area contributed by atoms with E-state index in [1.165, 1.54) is 26.4 Å². The van der Waals surface area contributed by atoms with Crippen LogP contribution in [0.25, 0.3) is 0 Å². The highest BCUT2D eigenvalue weighted by molar-refractivity contribution is 5.96. The highest BCUT2D eigenvalue weighted by atomic mass is 16.5. The molecular weight excluding hydrogens is 316 g/mol. The lowest BCUT2D eigenvalue weighted by atomic mass is 10.0. The molecule has 1 rings (SSSR count). The molecule has 4 amide bonds. The number of urea groups is 1. The zero-order valence-corrected chi connectivity index (χ0v) is 14.0. The first kappa shape index (κ1) is 19.1. The summed E-state index contributed by atoms with van der Waals surface area (Å²) in [5.74, 6) is -0.491. The summed E-state index contributed by atoms with van der Waals surface area (Å²) in [5, 5.41) is 2.31. The summed E-state index contributed by atoms with van der Waals surface area (Å²) in [6.07, 6.45) is 0. The predicted octanol–water partition coefficient (Wildman–Crippen LogP) is 0.158. The lowest BCUT2D eigenvalue weighted by molar-refractivity contribution is -0.124. The zero-order valence-electron chi connectivity index (χ0n) is 14.0. The number of nitrogens with two attached hydrogens (primary N) is 1. The molecule has 5 N–H and O–H groups in total. The van der Waals surface area contributed by atoms with Crippen LogP contribution in [0.5, 0.6) is 11.5 Å². The highest BCUT2D eigenvalue weighted by Gasteiger charge is 2.23. The van der Waals surface area contributed by atoms with Gasteiger partial charge in [-0.3, -0.25) is 20.4 Å². The van der Waals surface area contributed by atoms with Gasteiger partial charge in [0.05, 0.1) is 14.2 Å². The maximum Gasteiger partial charge on any atom is 0.312 e. The van der Waals surface area contributed by atoms with Crippen LogP contribution in [0.3, 0.4) is 0 Å². The molecule has 0 saturated heterocycles. The second-order valence-electron chi connectivity index (χ2n) is 5.24. The standard InChI is InChI=1S/C15H22N4O5/c1-8(2)12(17-15(16)22)14(21)19-18-13(20)9-5-6-10(23-3)11(7-9)24-4/h5-8,12H,1-4H3,(H,18,20)(H,19,21)(H3,16,17,22)/t12-/m1/s1. The van der Waals surface area contributed by atoms with Gasteiger partial charge in [0, 0.05) is 5.56 Å². The van der Waals surface area contributed by atoms with Gasteiger partial charge in [0.2, 0.25) is 0 Å². The topological polar surface area (TPSA) is 132 Å². The fourth-order valence-corrected chi connectivity index (χ4v) is 1.93. The third kappa shape index (κ3) is 5.04. The van der Waals surface area contributed by atoms with E-state index < -0.39 is 23.9 Å². The molecule has 0 aliphatic heterocycles. The third-order valence-electron chi connectivity index (χ3n) is 3.19. The maximum atomic E-state index is 12.1.